The van der Waals surface area contributed by atoms with Crippen molar-refractivity contribution in [2.75, 3.05) is 0 Å². The van der Waals surface area contributed by atoms with Crippen LogP contribution in [0.5, 0.6) is 11.5 Å². The summed E-state index contributed by atoms with van der Waals surface area (Å²) in [5, 5.41) is 0. The molecule has 148 valence electrons. The van der Waals surface area contributed by atoms with Gasteiger partial charge in [0.05, 0.1) is 5.69 Å². The van der Waals surface area contributed by atoms with Crippen molar-refractivity contribution in [2.24, 2.45) is 5.41 Å². The van der Waals surface area contributed by atoms with Crippen LogP contribution in [0, 0.1) is 11.2 Å². The number of carbonyl (C=O) groups is 1. The third-order valence-corrected chi connectivity index (χ3v) is 4.51. The van der Waals surface area contributed by atoms with E-state index in [2.05, 4.69) is 11.6 Å². The number of rotatable bonds is 6. The van der Waals surface area contributed by atoms with E-state index in [0.29, 0.717) is 11.5 Å². The molecule has 0 saturated heterocycles. The Morgan fingerprint density at radius 1 is 1.03 bits per heavy atom. The molecule has 3 aromatic rings. The number of hydrogen-bond donors (Lipinski definition) is 0. The van der Waals surface area contributed by atoms with Crippen molar-refractivity contribution in [2.45, 2.75) is 27.2 Å². The Balaban J connectivity index is 1.83. The SMILES string of the molecule is C=Cc1cc(CC(=O)C(C)(C)C)nc(-c2ccc(Oc3ccc(F)cc3)cc2)c1. The molecule has 0 N–H and O–H groups in total. The monoisotopic (exact) mass is 389 g/mol. The van der Waals surface area contributed by atoms with E-state index in [1.807, 2.05) is 57.2 Å². The van der Waals surface area contributed by atoms with Crippen molar-refractivity contribution in [1.29, 1.82) is 0 Å². The lowest BCUT2D eigenvalue weighted by Gasteiger charge is -2.16. The van der Waals surface area contributed by atoms with Crippen LogP contribution in [-0.4, -0.2) is 10.8 Å². The first-order chi connectivity index (χ1) is 13.7. The Bertz CT molecular complexity index is 1020. The minimum atomic E-state index is -0.411. The normalized spacial score (nSPS) is 11.2. The van der Waals surface area contributed by atoms with Crippen molar-refractivity contribution < 1.29 is 13.9 Å². The van der Waals surface area contributed by atoms with Crippen LogP contribution in [0.3, 0.4) is 0 Å². The smallest absolute Gasteiger partial charge is 0.144 e. The van der Waals surface area contributed by atoms with Gasteiger partial charge >= 0.3 is 0 Å². The number of carbonyl (C=O) groups excluding carboxylic acids is 1. The predicted octanol–water partition coefficient (Wildman–Crippen LogP) is 6.48. The van der Waals surface area contributed by atoms with Gasteiger partial charge in [-0.05, 0) is 66.2 Å². The average Bonchev–Trinajstić information content (AvgIpc) is 2.69. The number of ether oxygens (including phenoxy) is 1. The van der Waals surface area contributed by atoms with Crippen LogP contribution in [-0.2, 0) is 11.2 Å². The Kier molecular flexibility index (Phi) is 5.92. The molecule has 0 aliphatic heterocycles. The fraction of sp³-hybridized carbons (Fsp3) is 0.200. The van der Waals surface area contributed by atoms with E-state index in [9.17, 15) is 9.18 Å². The number of halogens is 1. The highest BCUT2D eigenvalue weighted by Crippen LogP contribution is 2.27. The molecule has 4 heteroatoms. The molecule has 0 bridgehead atoms. The van der Waals surface area contributed by atoms with Crippen LogP contribution >= 0.6 is 0 Å². The summed E-state index contributed by atoms with van der Waals surface area (Å²) in [7, 11) is 0. The third kappa shape index (κ3) is 5.38. The molecule has 0 spiro atoms. The molecular formula is C25H24FNO2. The van der Waals surface area contributed by atoms with Gasteiger partial charge < -0.3 is 4.74 Å². The van der Waals surface area contributed by atoms with Crippen LogP contribution in [0.4, 0.5) is 4.39 Å². The molecule has 0 radical (unpaired) electrons. The summed E-state index contributed by atoms with van der Waals surface area (Å²) >= 11 is 0. The van der Waals surface area contributed by atoms with Crippen molar-refractivity contribution in [3.8, 4) is 22.8 Å². The molecule has 0 fully saturated rings. The van der Waals surface area contributed by atoms with Gasteiger partial charge in [-0.3, -0.25) is 9.78 Å². The van der Waals surface area contributed by atoms with Gasteiger partial charge in [-0.15, -0.1) is 0 Å². The Labute approximate surface area is 170 Å². The van der Waals surface area contributed by atoms with Crippen LogP contribution in [0.1, 0.15) is 32.0 Å². The molecule has 0 aliphatic carbocycles. The quantitative estimate of drug-likeness (QED) is 0.484. The van der Waals surface area contributed by atoms with Gasteiger partial charge in [0.25, 0.3) is 0 Å². The first kappa shape index (κ1) is 20.5. The summed E-state index contributed by atoms with van der Waals surface area (Å²) in [6, 6.07) is 17.2. The first-order valence-electron chi connectivity index (χ1n) is 9.45. The highest BCUT2D eigenvalue weighted by Gasteiger charge is 2.22. The van der Waals surface area contributed by atoms with Crippen molar-refractivity contribution in [3.05, 3.63) is 84.3 Å². The zero-order valence-corrected chi connectivity index (χ0v) is 16.9. The lowest BCUT2D eigenvalue weighted by atomic mass is 9.88. The number of nitrogens with zero attached hydrogens (tertiary/aromatic N) is 1. The molecular weight excluding hydrogens is 365 g/mol. The van der Waals surface area contributed by atoms with E-state index in [4.69, 9.17) is 4.74 Å². The molecule has 0 amide bonds. The fourth-order valence-corrected chi connectivity index (χ4v) is 2.73. The standard InChI is InChI=1S/C25H24FNO2/c1-5-17-14-20(16-24(28)25(2,3)4)27-23(15-17)18-6-10-21(11-7-18)29-22-12-8-19(26)9-13-22/h5-15H,1,16H2,2-4H3. The second kappa shape index (κ2) is 8.39. The molecule has 0 unspecified atom stereocenters. The third-order valence-electron chi connectivity index (χ3n) is 4.51. The molecule has 0 atom stereocenters. The summed E-state index contributed by atoms with van der Waals surface area (Å²) in [6.45, 7) is 9.57. The van der Waals surface area contributed by atoms with E-state index in [1.165, 1.54) is 12.1 Å². The molecule has 3 rings (SSSR count). The lowest BCUT2D eigenvalue weighted by Crippen LogP contribution is -2.22. The Morgan fingerprint density at radius 3 is 2.17 bits per heavy atom. The van der Waals surface area contributed by atoms with Crippen LogP contribution < -0.4 is 4.74 Å². The van der Waals surface area contributed by atoms with Crippen LogP contribution in [0.2, 0.25) is 0 Å². The molecule has 0 saturated carbocycles. The van der Waals surface area contributed by atoms with E-state index in [-0.39, 0.29) is 18.0 Å². The number of hydrogen-bond acceptors (Lipinski definition) is 3. The average molecular weight is 389 g/mol. The first-order valence-corrected chi connectivity index (χ1v) is 9.45. The summed E-state index contributed by atoms with van der Waals surface area (Å²) < 4.78 is 18.7. The van der Waals surface area contributed by atoms with Gasteiger partial charge in [0.2, 0.25) is 0 Å². The summed E-state index contributed by atoms with van der Waals surface area (Å²) in [6.07, 6.45) is 2.03. The molecule has 2 aromatic carbocycles. The van der Waals surface area contributed by atoms with E-state index in [1.54, 1.807) is 18.2 Å². The van der Waals surface area contributed by atoms with Crippen molar-refractivity contribution >= 4 is 11.9 Å². The molecule has 29 heavy (non-hydrogen) atoms. The highest BCUT2D eigenvalue weighted by molar-refractivity contribution is 5.85. The van der Waals surface area contributed by atoms with Crippen molar-refractivity contribution in [1.82, 2.24) is 4.98 Å². The minimum Gasteiger partial charge on any atom is -0.457 e. The van der Waals surface area contributed by atoms with Crippen molar-refractivity contribution in [3.63, 3.8) is 0 Å². The number of benzene rings is 2. The molecule has 1 heterocycles. The summed E-state index contributed by atoms with van der Waals surface area (Å²) in [5.41, 5.74) is 2.91. The maximum atomic E-state index is 13.0. The fourth-order valence-electron chi connectivity index (χ4n) is 2.73. The van der Waals surface area contributed by atoms with Gasteiger partial charge in [0.15, 0.2) is 0 Å². The van der Waals surface area contributed by atoms with E-state index < -0.39 is 5.41 Å². The maximum Gasteiger partial charge on any atom is 0.144 e. The van der Waals surface area contributed by atoms with Gasteiger partial charge in [-0.2, -0.15) is 0 Å². The van der Waals surface area contributed by atoms with E-state index >= 15 is 0 Å². The number of aromatic nitrogens is 1. The Hall–Kier alpha value is -3.27. The lowest BCUT2D eigenvalue weighted by molar-refractivity contribution is -0.125. The molecule has 0 aliphatic rings. The number of Topliss-reactive ketones (excluding diaryl/α,β-unsaturated/α-hetero) is 1. The molecule has 1 aromatic heterocycles. The van der Waals surface area contributed by atoms with Gasteiger partial charge in [-0.1, -0.05) is 33.4 Å². The van der Waals surface area contributed by atoms with Crippen LogP contribution in [0.15, 0.2) is 67.2 Å². The van der Waals surface area contributed by atoms with Crippen LogP contribution in [0.25, 0.3) is 17.3 Å². The second-order valence-electron chi connectivity index (χ2n) is 7.91. The number of pyridine rings is 1. The highest BCUT2D eigenvalue weighted by atomic mass is 19.1. The van der Waals surface area contributed by atoms with Gasteiger partial charge in [-0.25, -0.2) is 4.39 Å². The molecule has 3 nitrogen and oxygen atoms in total. The maximum absolute atomic E-state index is 13.0. The predicted molar refractivity (Wildman–Crippen MR) is 114 cm³/mol. The number of ketones is 1. The van der Waals surface area contributed by atoms with E-state index in [0.717, 1.165) is 22.5 Å². The summed E-state index contributed by atoms with van der Waals surface area (Å²) in [4.78, 5) is 17.1. The zero-order valence-electron chi connectivity index (χ0n) is 16.9. The summed E-state index contributed by atoms with van der Waals surface area (Å²) in [5.74, 6) is 1.04. The van der Waals surface area contributed by atoms with Gasteiger partial charge in [0, 0.05) is 23.1 Å². The largest absolute Gasteiger partial charge is 0.457 e. The Morgan fingerprint density at radius 2 is 1.62 bits per heavy atom. The minimum absolute atomic E-state index is 0.139. The van der Waals surface area contributed by atoms with Gasteiger partial charge in [0.1, 0.15) is 23.1 Å². The topological polar surface area (TPSA) is 39.2 Å². The second-order valence-corrected chi connectivity index (χ2v) is 7.91. The zero-order chi connectivity index (χ0) is 21.0.